The number of halogens is 2. The summed E-state index contributed by atoms with van der Waals surface area (Å²) in [5.74, 6) is -1.23. The lowest BCUT2D eigenvalue weighted by atomic mass is 10.2. The molecule has 2 N–H and O–H groups in total. The molecule has 1 heterocycles. The van der Waals surface area contributed by atoms with Gasteiger partial charge >= 0.3 is 0 Å². The Morgan fingerprint density at radius 2 is 1.94 bits per heavy atom. The highest BCUT2D eigenvalue weighted by Crippen LogP contribution is 2.19. The number of fused-ring (bicyclic) bond motifs is 1. The summed E-state index contributed by atoms with van der Waals surface area (Å²) in [7, 11) is 0. The number of anilines is 1. The number of nitrogens with one attached hydrogen (secondary N) is 2. The lowest BCUT2D eigenvalue weighted by molar-refractivity contribution is -0.121. The van der Waals surface area contributed by atoms with Crippen molar-refractivity contribution in [3.8, 4) is 0 Å². The van der Waals surface area contributed by atoms with Gasteiger partial charge in [-0.3, -0.25) is 19.0 Å². The SMILES string of the molecule is CCCNC(=O)CCc1nc2ccccc2n(CC(=O)Nc2ccc(F)c(Cl)c2)c1=O. The molecule has 3 aromatic rings. The maximum absolute atomic E-state index is 13.3. The molecule has 2 aromatic carbocycles. The zero-order chi connectivity index (χ0) is 22.4. The van der Waals surface area contributed by atoms with Crippen molar-refractivity contribution in [3.63, 3.8) is 0 Å². The van der Waals surface area contributed by atoms with E-state index in [-0.39, 0.29) is 36.0 Å². The number of aromatic nitrogens is 2. The Bertz CT molecular complexity index is 1180. The van der Waals surface area contributed by atoms with Crippen molar-refractivity contribution < 1.29 is 14.0 Å². The van der Waals surface area contributed by atoms with E-state index in [1.54, 1.807) is 24.3 Å². The molecule has 0 unspecified atom stereocenters. The summed E-state index contributed by atoms with van der Waals surface area (Å²) in [6.45, 7) is 2.25. The number of carbonyl (C=O) groups excluding carboxylic acids is 2. The Labute approximate surface area is 183 Å². The van der Waals surface area contributed by atoms with Crippen LogP contribution in [0.5, 0.6) is 0 Å². The Balaban J connectivity index is 1.85. The van der Waals surface area contributed by atoms with E-state index < -0.39 is 17.3 Å². The van der Waals surface area contributed by atoms with Gasteiger partial charge in [0.25, 0.3) is 5.56 Å². The molecule has 0 radical (unpaired) electrons. The van der Waals surface area contributed by atoms with E-state index in [1.807, 2.05) is 6.92 Å². The molecule has 162 valence electrons. The van der Waals surface area contributed by atoms with Crippen molar-refractivity contribution in [2.45, 2.75) is 32.7 Å². The van der Waals surface area contributed by atoms with E-state index in [1.165, 1.54) is 16.7 Å². The molecule has 3 rings (SSSR count). The van der Waals surface area contributed by atoms with E-state index in [0.29, 0.717) is 23.3 Å². The summed E-state index contributed by atoms with van der Waals surface area (Å²) < 4.78 is 14.6. The third-order valence-corrected chi connectivity index (χ3v) is 4.88. The molecule has 0 atom stereocenters. The molecule has 2 amide bonds. The molecule has 0 aliphatic heterocycles. The molecule has 0 fully saturated rings. The van der Waals surface area contributed by atoms with Crippen LogP contribution in [0.4, 0.5) is 10.1 Å². The number of carbonyl (C=O) groups is 2. The quantitative estimate of drug-likeness (QED) is 0.557. The number of rotatable bonds is 8. The molecule has 0 saturated heterocycles. The smallest absolute Gasteiger partial charge is 0.273 e. The first-order valence-corrected chi connectivity index (χ1v) is 10.3. The number of hydrogen-bond donors (Lipinski definition) is 2. The molecule has 0 bridgehead atoms. The fraction of sp³-hybridized carbons (Fsp3) is 0.273. The van der Waals surface area contributed by atoms with Gasteiger partial charge in [0.1, 0.15) is 18.1 Å². The van der Waals surface area contributed by atoms with Crippen LogP contribution in [0.25, 0.3) is 11.0 Å². The molecule has 7 nitrogen and oxygen atoms in total. The standard InChI is InChI=1S/C22H22ClFN4O3/c1-2-11-25-20(29)10-9-18-22(31)28(19-6-4-3-5-17(19)27-18)13-21(30)26-14-7-8-16(24)15(23)12-14/h3-8,12H,2,9-11,13H2,1H3,(H,25,29)(H,26,30). The van der Waals surface area contributed by atoms with E-state index in [9.17, 15) is 18.8 Å². The molecular formula is C22H22ClFN4O3. The van der Waals surface area contributed by atoms with Crippen molar-refractivity contribution in [1.82, 2.24) is 14.9 Å². The van der Waals surface area contributed by atoms with Gasteiger partial charge < -0.3 is 10.6 Å². The normalized spacial score (nSPS) is 10.8. The van der Waals surface area contributed by atoms with E-state index in [4.69, 9.17) is 11.6 Å². The highest BCUT2D eigenvalue weighted by Gasteiger charge is 2.15. The zero-order valence-electron chi connectivity index (χ0n) is 17.0. The average Bonchev–Trinajstić information content (AvgIpc) is 2.75. The van der Waals surface area contributed by atoms with Crippen LogP contribution in [0.3, 0.4) is 0 Å². The molecule has 9 heteroatoms. The maximum atomic E-state index is 13.3. The van der Waals surface area contributed by atoms with Crippen molar-refractivity contribution in [2.24, 2.45) is 0 Å². The summed E-state index contributed by atoms with van der Waals surface area (Å²) in [5.41, 5.74) is 1.13. The number of amides is 2. The van der Waals surface area contributed by atoms with Crippen LogP contribution < -0.4 is 16.2 Å². The van der Waals surface area contributed by atoms with E-state index >= 15 is 0 Å². The Morgan fingerprint density at radius 1 is 1.16 bits per heavy atom. The molecule has 0 saturated carbocycles. The predicted molar refractivity (Wildman–Crippen MR) is 118 cm³/mol. The number of nitrogens with zero attached hydrogens (tertiary/aromatic N) is 2. The maximum Gasteiger partial charge on any atom is 0.273 e. The summed E-state index contributed by atoms with van der Waals surface area (Å²) >= 11 is 5.75. The summed E-state index contributed by atoms with van der Waals surface area (Å²) in [6.07, 6.45) is 1.11. The number of hydrogen-bond acceptors (Lipinski definition) is 4. The second kappa shape index (κ2) is 10.2. The van der Waals surface area contributed by atoms with Crippen LogP contribution >= 0.6 is 11.6 Å². The lowest BCUT2D eigenvalue weighted by Gasteiger charge is -2.13. The zero-order valence-corrected chi connectivity index (χ0v) is 17.7. The van der Waals surface area contributed by atoms with Gasteiger partial charge in [0.15, 0.2) is 0 Å². The van der Waals surface area contributed by atoms with Crippen LogP contribution in [-0.4, -0.2) is 27.9 Å². The first kappa shape index (κ1) is 22.4. The second-order valence-corrected chi connectivity index (χ2v) is 7.37. The van der Waals surface area contributed by atoms with Gasteiger partial charge in [0.2, 0.25) is 11.8 Å². The van der Waals surface area contributed by atoms with Gasteiger partial charge in [0.05, 0.1) is 16.1 Å². The van der Waals surface area contributed by atoms with Gasteiger partial charge in [-0.2, -0.15) is 0 Å². The van der Waals surface area contributed by atoms with E-state index in [2.05, 4.69) is 15.6 Å². The summed E-state index contributed by atoms with van der Waals surface area (Å²) in [5, 5.41) is 5.26. The number of para-hydroxylation sites is 2. The van der Waals surface area contributed by atoms with Gasteiger partial charge in [0, 0.05) is 25.1 Å². The molecule has 0 spiro atoms. The number of aryl methyl sites for hydroxylation is 1. The second-order valence-electron chi connectivity index (χ2n) is 6.97. The van der Waals surface area contributed by atoms with Gasteiger partial charge in [-0.15, -0.1) is 0 Å². The Hall–Kier alpha value is -3.26. The monoisotopic (exact) mass is 444 g/mol. The van der Waals surface area contributed by atoms with Crippen LogP contribution in [0.1, 0.15) is 25.5 Å². The largest absolute Gasteiger partial charge is 0.356 e. The van der Waals surface area contributed by atoms with Crippen LogP contribution in [0.15, 0.2) is 47.3 Å². The summed E-state index contributed by atoms with van der Waals surface area (Å²) in [4.78, 5) is 41.9. The Kier molecular flexibility index (Phi) is 7.36. The van der Waals surface area contributed by atoms with Crippen LogP contribution in [0, 0.1) is 5.82 Å². The minimum atomic E-state index is -0.594. The Morgan fingerprint density at radius 3 is 2.68 bits per heavy atom. The van der Waals surface area contributed by atoms with Crippen LogP contribution in [-0.2, 0) is 22.6 Å². The number of benzene rings is 2. The minimum absolute atomic E-state index is 0.118. The topological polar surface area (TPSA) is 93.1 Å². The fourth-order valence-electron chi connectivity index (χ4n) is 3.07. The van der Waals surface area contributed by atoms with Crippen molar-refractivity contribution in [1.29, 1.82) is 0 Å². The van der Waals surface area contributed by atoms with Crippen molar-refractivity contribution >= 4 is 40.1 Å². The van der Waals surface area contributed by atoms with Gasteiger partial charge in [-0.25, -0.2) is 9.37 Å². The van der Waals surface area contributed by atoms with Gasteiger partial charge in [-0.1, -0.05) is 30.7 Å². The first-order chi connectivity index (χ1) is 14.9. The molecule has 31 heavy (non-hydrogen) atoms. The highest BCUT2D eigenvalue weighted by molar-refractivity contribution is 6.31. The third-order valence-electron chi connectivity index (χ3n) is 4.59. The first-order valence-electron chi connectivity index (χ1n) is 9.89. The molecule has 1 aromatic heterocycles. The van der Waals surface area contributed by atoms with Crippen molar-refractivity contribution in [2.75, 3.05) is 11.9 Å². The van der Waals surface area contributed by atoms with Crippen molar-refractivity contribution in [3.05, 3.63) is 69.4 Å². The van der Waals surface area contributed by atoms with E-state index in [0.717, 1.165) is 12.5 Å². The average molecular weight is 445 g/mol. The molecule has 0 aliphatic carbocycles. The summed E-state index contributed by atoms with van der Waals surface area (Å²) in [6, 6.07) is 10.8. The predicted octanol–water partition coefficient (Wildman–Crippen LogP) is 3.29. The molecule has 0 aliphatic rings. The lowest BCUT2D eigenvalue weighted by Crippen LogP contribution is -2.32. The minimum Gasteiger partial charge on any atom is -0.356 e. The molecular weight excluding hydrogens is 423 g/mol. The van der Waals surface area contributed by atoms with Gasteiger partial charge in [-0.05, 0) is 36.8 Å². The third kappa shape index (κ3) is 5.67. The highest BCUT2D eigenvalue weighted by atomic mass is 35.5. The van der Waals surface area contributed by atoms with Crippen LogP contribution in [0.2, 0.25) is 5.02 Å². The fourth-order valence-corrected chi connectivity index (χ4v) is 3.25.